The lowest BCUT2D eigenvalue weighted by molar-refractivity contribution is 0.151. The van der Waals surface area contributed by atoms with Gasteiger partial charge >= 0.3 is 61.2 Å². The zero-order valence-corrected chi connectivity index (χ0v) is 105. The molecule has 0 fully saturated rings. The van der Waals surface area contributed by atoms with Crippen LogP contribution >= 0.6 is 164 Å². The van der Waals surface area contributed by atoms with E-state index in [-0.39, 0.29) is 143 Å². The smallest absolute Gasteiger partial charge is 0.389 e. The Morgan fingerprint density at radius 3 is 0.522 bits per heavy atom. The van der Waals surface area contributed by atoms with Crippen LogP contribution in [0.4, 0.5) is 0 Å². The SMILES string of the molecule is CC(O)CSP(=O)(OC(C)CSP(=O)(OC(C)C)OC(C)C)OC(C)CSP(=O)(OC(C)C)OC(C)C.CCC(C)COP(=O)(OCC(C)C)SCC(C)OP(=O)(OC(C)CSP(=O)(OCC(C)C)OCC(C)C)SCC(C)O.CCCCC(CC)COP(=O)(OCC(CC)CCCC)SCC(C)OP(=O)(OC(C)CSP(=O)(OCC(CC)CCCC)OCC(CC)CCCC)SCC(C)O. The third kappa shape index (κ3) is 78.5. The standard InChI is InChI=1S/C41H87O10P3S3.C26H57O10P3S3.C21H47O10P3S3/c1-12-20-24-38(16-5)28-46-52(43,47-29-39(17-6)25-21-13-2)56-33-36(10)50-54(45,55-32-35(9)42)51-37(11)34-57-53(44,48-30-40(18-7)26-22-14-3)49-31-41(19-8)27-23-15-4;1-12-23(8)16-34-38(29,33-15-22(6)7)42-19-26(11)36-39(30,40-17-24(9)27)35-25(10)18-41-37(28,31-13-20(2)3)32-14-21(4)5;1-15(2)26-32(23,27-16(3)4)36-13-20(10)30-34(25,35-12-19(9)22)31-21(11)14-37-33(24,28-17(5)6)29-18(7)8/h35-42H,12-34H2,1-11H3;20-27H,12-19H2,1-11H3;15-22H,12-14H2,1-11H3. The Bertz CT molecular complexity index is 3210. The molecule has 30 nitrogen and oxygen atoms in total. The van der Waals surface area contributed by atoms with Gasteiger partial charge in [0.25, 0.3) is 0 Å². The van der Waals surface area contributed by atoms with Gasteiger partial charge in [-0.15, -0.1) is 0 Å². The van der Waals surface area contributed by atoms with Crippen molar-refractivity contribution < 1.29 is 138 Å². The van der Waals surface area contributed by atoms with Crippen molar-refractivity contribution in [1.29, 1.82) is 0 Å². The Morgan fingerprint density at radius 2 is 0.368 bits per heavy atom. The molecule has 0 bridgehead atoms. The van der Waals surface area contributed by atoms with Crippen LogP contribution < -0.4 is 0 Å². The minimum atomic E-state index is -3.86. The summed E-state index contributed by atoms with van der Waals surface area (Å²) in [6.07, 6.45) is 10.0. The number of hydrogen-bond donors (Lipinski definition) is 3. The van der Waals surface area contributed by atoms with Gasteiger partial charge in [-0.05, 0) is 293 Å². The fourth-order valence-electron chi connectivity index (χ4n) is 10.6. The van der Waals surface area contributed by atoms with E-state index in [2.05, 4.69) is 55.4 Å². The Labute approximate surface area is 863 Å². The van der Waals surface area contributed by atoms with Gasteiger partial charge in [0, 0.05) is 51.8 Å². The first-order chi connectivity index (χ1) is 63.2. The average Bonchev–Trinajstić information content (AvgIpc) is 0.849. The van der Waals surface area contributed by atoms with E-state index >= 15 is 0 Å². The molecule has 48 heteroatoms. The number of hydrogen-bond acceptors (Lipinski definition) is 39. The molecule has 16 atom stereocenters. The molecule has 0 saturated heterocycles. The second-order valence-corrected chi connectivity index (χ2v) is 73.7. The van der Waals surface area contributed by atoms with Gasteiger partial charge in [-0.1, -0.05) is 194 Å². The first-order valence-corrected chi connectivity index (χ1v) is 77.6. The molecule has 0 heterocycles. The molecule has 0 aromatic heterocycles. The van der Waals surface area contributed by atoms with E-state index in [1.165, 1.54) is 0 Å². The minimum absolute atomic E-state index is 0.119. The van der Waals surface area contributed by atoms with Crippen molar-refractivity contribution in [3.8, 4) is 0 Å². The van der Waals surface area contributed by atoms with Gasteiger partial charge in [-0.2, -0.15) is 0 Å². The van der Waals surface area contributed by atoms with Crippen LogP contribution in [0.15, 0.2) is 0 Å². The zero-order valence-electron chi connectivity index (χ0n) is 89.2. The van der Waals surface area contributed by atoms with Crippen LogP contribution in [0.3, 0.4) is 0 Å². The second kappa shape index (κ2) is 80.2. The predicted molar refractivity (Wildman–Crippen MR) is 589 cm³/mol. The first-order valence-electron chi connectivity index (χ1n) is 49.4. The van der Waals surface area contributed by atoms with Crippen molar-refractivity contribution in [2.45, 2.75) is 417 Å². The van der Waals surface area contributed by atoms with Crippen molar-refractivity contribution in [3.63, 3.8) is 0 Å². The molecule has 3 N–H and O–H groups in total. The Balaban J connectivity index is -0.00000201. The summed E-state index contributed by atoms with van der Waals surface area (Å²) < 4.78 is 228. The van der Waals surface area contributed by atoms with Crippen molar-refractivity contribution in [3.05, 3.63) is 0 Å². The molecular weight excluding hydrogens is 2100 g/mol. The highest BCUT2D eigenvalue weighted by Gasteiger charge is 2.42. The second-order valence-electron chi connectivity index (χ2n) is 37.1. The van der Waals surface area contributed by atoms with Crippen LogP contribution in [0, 0.1) is 47.3 Å². The lowest BCUT2D eigenvalue weighted by Crippen LogP contribution is -2.17. The monoisotopic (exact) mass is 2290 g/mol. The van der Waals surface area contributed by atoms with E-state index in [0.29, 0.717) is 33.0 Å². The molecule has 0 aromatic carbocycles. The molecule has 0 aliphatic heterocycles. The molecule has 136 heavy (non-hydrogen) atoms. The van der Waals surface area contributed by atoms with Crippen LogP contribution in [0.2, 0.25) is 0 Å². The third-order valence-corrected chi connectivity index (χ3v) is 54.7. The quantitative estimate of drug-likeness (QED) is 0.0476. The van der Waals surface area contributed by atoms with E-state index in [0.717, 1.165) is 212 Å². The maximum atomic E-state index is 14.3. The van der Waals surface area contributed by atoms with Crippen molar-refractivity contribution in [1.82, 2.24) is 0 Å². The number of rotatable bonds is 88. The number of aliphatic hydroxyl groups is 3. The average molecular weight is 2300 g/mol. The molecule has 0 saturated carbocycles. The summed E-state index contributed by atoms with van der Waals surface area (Å²) in [5.74, 6) is 3.37. The molecule has 0 amide bonds. The van der Waals surface area contributed by atoms with E-state index in [1.54, 1.807) is 118 Å². The number of unbranched alkanes of at least 4 members (excludes halogenated alkanes) is 4. The van der Waals surface area contributed by atoms with Gasteiger partial charge in [0.15, 0.2) is 0 Å². The fraction of sp³-hybridized carbons (Fsp3) is 1.00. The highest BCUT2D eigenvalue weighted by Crippen LogP contribution is 2.71. The van der Waals surface area contributed by atoms with Crippen LogP contribution in [0.1, 0.15) is 338 Å². The lowest BCUT2D eigenvalue weighted by atomic mass is 10.0. The minimum Gasteiger partial charge on any atom is -0.393 e. The summed E-state index contributed by atoms with van der Waals surface area (Å²) in [4.78, 5) is 0. The van der Waals surface area contributed by atoms with Crippen molar-refractivity contribution in [2.24, 2.45) is 47.3 Å². The van der Waals surface area contributed by atoms with E-state index in [4.69, 9.17) is 81.4 Å². The summed E-state index contributed by atoms with van der Waals surface area (Å²) in [6.45, 7) is 32.4. The topological polar surface area (TPSA) is 380 Å². The molecule has 0 radical (unpaired) electrons. The lowest BCUT2D eigenvalue weighted by Gasteiger charge is -2.27. The fourth-order valence-corrected chi connectivity index (χ4v) is 46.0. The maximum Gasteiger partial charge on any atom is 0.389 e. The Kier molecular flexibility index (Phi) is 85.3. The van der Waals surface area contributed by atoms with Crippen LogP contribution in [0.5, 0.6) is 0 Å². The first kappa shape index (κ1) is 144. The summed E-state index contributed by atoms with van der Waals surface area (Å²) in [6, 6.07) is 0. The largest absolute Gasteiger partial charge is 0.393 e. The highest BCUT2D eigenvalue weighted by molar-refractivity contribution is 8.58. The van der Waals surface area contributed by atoms with Crippen LogP contribution in [-0.2, 0) is 123 Å². The van der Waals surface area contributed by atoms with Gasteiger partial charge < -0.3 is 51.5 Å². The summed E-state index contributed by atoms with van der Waals surface area (Å²) >= 11 is 8.85. The molecular formula is C88H191O30P9S9. The maximum absolute atomic E-state index is 14.3. The molecule has 0 spiro atoms. The molecule has 0 aromatic rings. The van der Waals surface area contributed by atoms with Gasteiger partial charge in [-0.25, -0.2) is 41.1 Å². The number of aliphatic hydroxyl groups excluding tert-OH is 3. The highest BCUT2D eigenvalue weighted by atomic mass is 32.8. The van der Waals surface area contributed by atoms with Crippen LogP contribution in [0.25, 0.3) is 0 Å². The van der Waals surface area contributed by atoms with Crippen LogP contribution in [-0.4, -0.2) is 199 Å². The van der Waals surface area contributed by atoms with Gasteiger partial charge in [0.05, 0.1) is 132 Å². The van der Waals surface area contributed by atoms with E-state index in [9.17, 15) is 56.4 Å². The molecule has 0 aliphatic rings. The van der Waals surface area contributed by atoms with Gasteiger partial charge in [0.2, 0.25) is 0 Å². The van der Waals surface area contributed by atoms with E-state index in [1.807, 2.05) is 55.4 Å². The van der Waals surface area contributed by atoms with Gasteiger partial charge in [-0.3, -0.25) is 45.2 Å². The van der Waals surface area contributed by atoms with E-state index < -0.39 is 116 Å². The third-order valence-electron chi connectivity index (χ3n) is 18.4. The molecule has 822 valence electrons. The van der Waals surface area contributed by atoms with Crippen molar-refractivity contribution >= 4 is 164 Å². The zero-order chi connectivity index (χ0) is 105. The summed E-state index contributed by atoms with van der Waals surface area (Å²) in [5.41, 5.74) is 0. The molecule has 0 rings (SSSR count). The Hall–Kier alpha value is 4.38. The summed E-state index contributed by atoms with van der Waals surface area (Å²) in [7, 11) is 0. The van der Waals surface area contributed by atoms with Crippen molar-refractivity contribution in [2.75, 3.05) is 105 Å². The normalized spacial score (nSPS) is 18.6. The molecule has 16 unspecified atom stereocenters. The predicted octanol–water partition coefficient (Wildman–Crippen LogP) is 33.8. The van der Waals surface area contributed by atoms with Gasteiger partial charge in [0.1, 0.15) is 0 Å². The summed E-state index contributed by atoms with van der Waals surface area (Å²) in [5, 5.41) is 29.7. The Morgan fingerprint density at radius 1 is 0.206 bits per heavy atom. The molecule has 0 aliphatic carbocycles.